The summed E-state index contributed by atoms with van der Waals surface area (Å²) in [6, 6.07) is -1.21. The van der Waals surface area contributed by atoms with Crippen LogP contribution in [0.4, 0.5) is 0 Å². The van der Waals surface area contributed by atoms with Crippen molar-refractivity contribution in [1.82, 2.24) is 5.32 Å². The molecule has 0 aromatic rings. The number of amides is 1. The first-order chi connectivity index (χ1) is 8.51. The molecule has 0 bridgehead atoms. The van der Waals surface area contributed by atoms with Gasteiger partial charge in [-0.25, -0.2) is 4.79 Å². The second-order valence-corrected chi connectivity index (χ2v) is 5.23. The van der Waals surface area contributed by atoms with Crippen molar-refractivity contribution >= 4 is 66.7 Å². The van der Waals surface area contributed by atoms with Gasteiger partial charge in [-0.2, -0.15) is 25.3 Å². The van der Waals surface area contributed by atoms with Crippen molar-refractivity contribution in [2.75, 3.05) is 12.4 Å². The number of thiol groups is 2. The Kier molecular flexibility index (Phi) is 15.6. The fraction of sp³-hybridized carbons (Fsp3) is 0.818. The minimum Gasteiger partial charge on any atom is -0.480 e. The van der Waals surface area contributed by atoms with Crippen molar-refractivity contribution in [3.8, 4) is 0 Å². The van der Waals surface area contributed by atoms with E-state index in [0.717, 1.165) is 25.0 Å². The minimum atomic E-state index is -1.23. The van der Waals surface area contributed by atoms with Crippen LogP contribution in [0.2, 0.25) is 0 Å². The first kappa shape index (κ1) is 21.9. The average Bonchev–Trinajstić information content (AvgIpc) is 2.31. The number of hydrogen-bond donors (Lipinski definition) is 5. The monoisotopic (exact) mass is 318 g/mol. The summed E-state index contributed by atoms with van der Waals surface area (Å²) in [5.41, 5.74) is 0. The third-order valence-corrected chi connectivity index (χ3v) is 3.24. The van der Waals surface area contributed by atoms with Gasteiger partial charge in [0.15, 0.2) is 0 Å². The van der Waals surface area contributed by atoms with E-state index in [4.69, 9.17) is 10.2 Å². The van der Waals surface area contributed by atoms with Gasteiger partial charge in [-0.15, -0.1) is 0 Å². The van der Waals surface area contributed by atoms with Gasteiger partial charge in [-0.05, 0) is 25.0 Å². The molecule has 0 heterocycles. The summed E-state index contributed by atoms with van der Waals surface area (Å²) < 4.78 is 0. The first-order valence-electron chi connectivity index (χ1n) is 5.93. The van der Waals surface area contributed by atoms with Crippen LogP contribution >= 0.6 is 25.3 Å². The van der Waals surface area contributed by atoms with Gasteiger partial charge in [0.25, 0.3) is 0 Å². The smallest absolute Gasteiger partial charge is 0.328 e. The van der Waals surface area contributed by atoms with Crippen LogP contribution < -0.4 is 5.32 Å². The predicted molar refractivity (Wildman–Crippen MR) is 82.1 cm³/mol. The van der Waals surface area contributed by atoms with Crippen molar-refractivity contribution in [3.63, 3.8) is 0 Å². The van der Waals surface area contributed by atoms with E-state index in [1.54, 1.807) is 0 Å². The normalized spacial score (nSPS) is 13.2. The van der Waals surface area contributed by atoms with Gasteiger partial charge in [0.1, 0.15) is 6.04 Å². The van der Waals surface area contributed by atoms with Crippen molar-refractivity contribution in [2.45, 2.75) is 43.4 Å². The van der Waals surface area contributed by atoms with Crippen molar-refractivity contribution < 1.29 is 19.8 Å². The molecule has 1 amide bonds. The number of hydrogen-bond acceptors (Lipinski definition) is 5. The summed E-state index contributed by atoms with van der Waals surface area (Å²) in [7, 11) is 0. The van der Waals surface area contributed by atoms with Crippen LogP contribution in [-0.4, -0.2) is 75.3 Å². The molecule has 0 aliphatic heterocycles. The zero-order valence-corrected chi connectivity index (χ0v) is 15.0. The molecule has 3 N–H and O–H groups in total. The van der Waals surface area contributed by atoms with Gasteiger partial charge in [0.2, 0.25) is 5.91 Å². The summed E-state index contributed by atoms with van der Waals surface area (Å²) in [6.07, 6.45) is 3.67. The van der Waals surface area contributed by atoms with Crippen molar-refractivity contribution in [3.05, 3.63) is 0 Å². The molecule has 0 saturated carbocycles. The van der Waals surface area contributed by atoms with Crippen LogP contribution in [0.15, 0.2) is 0 Å². The number of carbonyl (C=O) groups is 2. The largest absolute Gasteiger partial charge is 0.480 e. The average molecular weight is 318 g/mol. The third-order valence-electron chi connectivity index (χ3n) is 2.47. The zero-order valence-electron chi connectivity index (χ0n) is 11.2. The van der Waals surface area contributed by atoms with Gasteiger partial charge < -0.3 is 15.5 Å². The quantitative estimate of drug-likeness (QED) is 0.228. The van der Waals surface area contributed by atoms with Crippen molar-refractivity contribution in [1.29, 1.82) is 0 Å². The van der Waals surface area contributed by atoms with E-state index in [2.05, 4.69) is 30.6 Å². The second-order valence-electron chi connectivity index (χ2n) is 4.05. The first-order valence-corrected chi connectivity index (χ1v) is 7.08. The molecule has 0 rings (SSSR count). The fourth-order valence-corrected chi connectivity index (χ4v) is 2.24. The number of aliphatic carboxylic acids is 1. The summed E-state index contributed by atoms with van der Waals surface area (Å²) in [4.78, 5) is 21.9. The maximum Gasteiger partial charge on any atom is 0.328 e. The van der Waals surface area contributed by atoms with E-state index >= 15 is 0 Å². The van der Waals surface area contributed by atoms with Crippen LogP contribution in [0.5, 0.6) is 0 Å². The number of carbonyl (C=O) groups excluding carboxylic acids is 1. The van der Waals surface area contributed by atoms with Gasteiger partial charge in [0, 0.05) is 41.2 Å². The molecule has 5 nitrogen and oxygen atoms in total. The van der Waals surface area contributed by atoms with Crippen LogP contribution in [0.1, 0.15) is 32.1 Å². The number of rotatable bonds is 10. The van der Waals surface area contributed by atoms with Crippen LogP contribution in [0, 0.1) is 0 Å². The number of aliphatic hydroxyl groups is 1. The number of unbranched alkanes of at least 4 members (excludes halogenated alkanes) is 1. The molecule has 0 spiro atoms. The number of carboxylic acid groups (broad SMARTS) is 1. The summed E-state index contributed by atoms with van der Waals surface area (Å²) >= 11 is 8.48. The van der Waals surface area contributed by atoms with E-state index in [-0.39, 0.29) is 41.9 Å². The topological polar surface area (TPSA) is 86.6 Å². The molecule has 0 fully saturated rings. The van der Waals surface area contributed by atoms with E-state index < -0.39 is 18.6 Å². The van der Waals surface area contributed by atoms with Crippen LogP contribution in [0.3, 0.4) is 0 Å². The Labute approximate surface area is 147 Å². The van der Waals surface area contributed by atoms with E-state index in [9.17, 15) is 9.59 Å². The molecule has 19 heavy (non-hydrogen) atoms. The Morgan fingerprint density at radius 1 is 1.21 bits per heavy atom. The molecular weight excluding hydrogens is 297 g/mol. The van der Waals surface area contributed by atoms with E-state index in [1.807, 2.05) is 0 Å². The molecular formula is C11H21NNaO4S2. The molecule has 0 aromatic carbocycles. The van der Waals surface area contributed by atoms with Gasteiger partial charge >= 0.3 is 5.97 Å². The Hall–Kier alpha value is 0.600. The standard InChI is InChI=1S/C11H21NO4S2.Na/c13-7-9(11(15)16)12-10(14)4-2-1-3-8(18)5-6-17;/h8-9,13,17-18H,1-7H2,(H,12,14)(H,15,16);/t8?,9-;/m0./s1. The Balaban J connectivity index is 0. The molecule has 1 radical (unpaired) electrons. The van der Waals surface area contributed by atoms with Crippen LogP contribution in [-0.2, 0) is 9.59 Å². The summed E-state index contributed by atoms with van der Waals surface area (Å²) in [5.74, 6) is -0.776. The Morgan fingerprint density at radius 3 is 2.32 bits per heavy atom. The van der Waals surface area contributed by atoms with Gasteiger partial charge in [0.05, 0.1) is 6.61 Å². The zero-order chi connectivity index (χ0) is 14.0. The fourth-order valence-electron chi connectivity index (χ4n) is 1.41. The van der Waals surface area contributed by atoms with E-state index in [1.165, 1.54) is 0 Å². The number of carboxylic acids is 1. The summed E-state index contributed by atoms with van der Waals surface area (Å²) in [5, 5.41) is 19.9. The third kappa shape index (κ3) is 12.1. The molecule has 0 aliphatic rings. The SMILES string of the molecule is O=C(CCCCC(S)CCS)N[C@@H](CO)C(=O)O.[Na]. The van der Waals surface area contributed by atoms with Gasteiger partial charge in [-0.3, -0.25) is 4.79 Å². The molecule has 8 heteroatoms. The molecule has 0 aromatic heterocycles. The Morgan fingerprint density at radius 2 is 1.84 bits per heavy atom. The minimum absolute atomic E-state index is 0. The second kappa shape index (κ2) is 13.6. The molecule has 2 atom stereocenters. The number of nitrogens with one attached hydrogen (secondary N) is 1. The van der Waals surface area contributed by atoms with Gasteiger partial charge in [-0.1, -0.05) is 6.42 Å². The molecule has 0 aliphatic carbocycles. The molecule has 0 saturated heterocycles. The maximum atomic E-state index is 11.4. The van der Waals surface area contributed by atoms with E-state index in [0.29, 0.717) is 11.7 Å². The maximum absolute atomic E-state index is 11.4. The number of aliphatic hydroxyl groups excluding tert-OH is 1. The van der Waals surface area contributed by atoms with Crippen molar-refractivity contribution in [2.24, 2.45) is 0 Å². The molecule has 107 valence electrons. The summed E-state index contributed by atoms with van der Waals surface area (Å²) in [6.45, 7) is -0.596. The molecule has 1 unspecified atom stereocenters. The predicted octanol–water partition coefficient (Wildman–Crippen LogP) is 0.346. The van der Waals surface area contributed by atoms with Crippen LogP contribution in [0.25, 0.3) is 0 Å². The Bertz CT molecular complexity index is 269.